The molecule has 5 nitrogen and oxygen atoms in total. The second kappa shape index (κ2) is 4.51. The van der Waals surface area contributed by atoms with Gasteiger partial charge in [0.2, 0.25) is 5.89 Å². The molecular formula is C11H18N4O. The molecule has 88 valence electrons. The fourth-order valence-corrected chi connectivity index (χ4v) is 2.54. The summed E-state index contributed by atoms with van der Waals surface area (Å²) in [4.78, 5) is 4.48. The molecule has 0 saturated carbocycles. The van der Waals surface area contributed by atoms with Crippen molar-refractivity contribution >= 4 is 0 Å². The van der Waals surface area contributed by atoms with Gasteiger partial charge in [0.05, 0.1) is 6.04 Å². The molecule has 0 aliphatic carbocycles. The van der Waals surface area contributed by atoms with Crippen LogP contribution in [0.15, 0.2) is 4.52 Å². The van der Waals surface area contributed by atoms with Crippen LogP contribution in [0.4, 0.5) is 0 Å². The van der Waals surface area contributed by atoms with Crippen LogP contribution in [-0.2, 0) is 6.42 Å². The Balaban J connectivity index is 1.62. The third kappa shape index (κ3) is 2.10. The highest BCUT2D eigenvalue weighted by Gasteiger charge is 2.23. The quantitative estimate of drug-likeness (QED) is 0.791. The van der Waals surface area contributed by atoms with Gasteiger partial charge in [0, 0.05) is 12.5 Å². The van der Waals surface area contributed by atoms with Crippen molar-refractivity contribution in [2.24, 2.45) is 0 Å². The maximum atomic E-state index is 5.31. The van der Waals surface area contributed by atoms with E-state index < -0.39 is 0 Å². The lowest BCUT2D eigenvalue weighted by molar-refractivity contribution is 0.340. The lowest BCUT2D eigenvalue weighted by Gasteiger charge is -2.05. The van der Waals surface area contributed by atoms with E-state index in [2.05, 4.69) is 20.8 Å². The summed E-state index contributed by atoms with van der Waals surface area (Å²) in [5.41, 5.74) is 0. The summed E-state index contributed by atoms with van der Waals surface area (Å²) in [6.45, 7) is 2.19. The molecule has 2 aliphatic rings. The van der Waals surface area contributed by atoms with Crippen LogP contribution < -0.4 is 10.6 Å². The van der Waals surface area contributed by atoms with E-state index in [9.17, 15) is 0 Å². The van der Waals surface area contributed by atoms with Gasteiger partial charge in [0.15, 0.2) is 5.82 Å². The summed E-state index contributed by atoms with van der Waals surface area (Å²) in [7, 11) is 0. The van der Waals surface area contributed by atoms with E-state index in [1.165, 1.54) is 19.3 Å². The van der Waals surface area contributed by atoms with Crippen LogP contribution in [0, 0.1) is 0 Å². The molecule has 2 saturated heterocycles. The van der Waals surface area contributed by atoms with Crippen molar-refractivity contribution in [2.45, 2.75) is 44.2 Å². The normalized spacial score (nSPS) is 30.0. The Morgan fingerprint density at radius 3 is 2.81 bits per heavy atom. The van der Waals surface area contributed by atoms with E-state index in [-0.39, 0.29) is 6.04 Å². The van der Waals surface area contributed by atoms with E-state index in [0.717, 1.165) is 37.6 Å². The minimum atomic E-state index is 0.290. The Kier molecular flexibility index (Phi) is 2.88. The summed E-state index contributed by atoms with van der Waals surface area (Å²) in [6.07, 6.45) is 5.71. The summed E-state index contributed by atoms with van der Waals surface area (Å²) >= 11 is 0. The average molecular weight is 222 g/mol. The number of nitrogens with zero attached hydrogens (tertiary/aromatic N) is 2. The fraction of sp³-hybridized carbons (Fsp3) is 0.818. The number of nitrogens with one attached hydrogen (secondary N) is 2. The number of rotatable bonds is 3. The Morgan fingerprint density at radius 2 is 2.06 bits per heavy atom. The molecule has 0 spiro atoms. The number of aromatic nitrogens is 2. The molecule has 0 radical (unpaired) electrons. The van der Waals surface area contributed by atoms with Gasteiger partial charge in [0.1, 0.15) is 0 Å². The molecule has 3 heterocycles. The largest absolute Gasteiger partial charge is 0.338 e. The van der Waals surface area contributed by atoms with Crippen LogP contribution in [0.5, 0.6) is 0 Å². The molecule has 2 N–H and O–H groups in total. The Hall–Kier alpha value is -0.940. The zero-order valence-electron chi connectivity index (χ0n) is 9.41. The number of hydrogen-bond acceptors (Lipinski definition) is 5. The van der Waals surface area contributed by atoms with Gasteiger partial charge in [-0.2, -0.15) is 4.98 Å². The summed E-state index contributed by atoms with van der Waals surface area (Å²) in [6, 6.07) is 0.833. The maximum Gasteiger partial charge on any atom is 0.243 e. The van der Waals surface area contributed by atoms with E-state index in [1.54, 1.807) is 0 Å². The predicted molar refractivity (Wildman–Crippen MR) is 59.0 cm³/mol. The molecule has 0 bridgehead atoms. The van der Waals surface area contributed by atoms with Gasteiger partial charge in [-0.3, -0.25) is 0 Å². The van der Waals surface area contributed by atoms with Crippen LogP contribution in [0.25, 0.3) is 0 Å². The molecule has 5 heteroatoms. The highest BCUT2D eigenvalue weighted by Crippen LogP contribution is 2.21. The van der Waals surface area contributed by atoms with E-state index in [1.807, 2.05) is 0 Å². The monoisotopic (exact) mass is 222 g/mol. The first kappa shape index (κ1) is 10.2. The van der Waals surface area contributed by atoms with Crippen LogP contribution >= 0.6 is 0 Å². The van der Waals surface area contributed by atoms with Gasteiger partial charge in [-0.05, 0) is 38.8 Å². The molecule has 2 atom stereocenters. The van der Waals surface area contributed by atoms with Crippen LogP contribution in [-0.4, -0.2) is 29.3 Å². The van der Waals surface area contributed by atoms with Gasteiger partial charge in [0.25, 0.3) is 0 Å². The molecule has 3 rings (SSSR count). The van der Waals surface area contributed by atoms with Gasteiger partial charge >= 0.3 is 0 Å². The molecule has 1 aromatic rings. The van der Waals surface area contributed by atoms with E-state index in [0.29, 0.717) is 6.04 Å². The Bertz CT molecular complexity index is 340. The third-order valence-electron chi connectivity index (χ3n) is 3.43. The Labute approximate surface area is 95.0 Å². The van der Waals surface area contributed by atoms with Crippen LogP contribution in [0.1, 0.15) is 43.4 Å². The summed E-state index contributed by atoms with van der Waals surface area (Å²) in [5.74, 6) is 1.62. The van der Waals surface area contributed by atoms with Crippen molar-refractivity contribution in [3.05, 3.63) is 11.7 Å². The van der Waals surface area contributed by atoms with Crippen molar-refractivity contribution in [3.63, 3.8) is 0 Å². The minimum absolute atomic E-state index is 0.290. The second-order valence-corrected chi connectivity index (χ2v) is 4.70. The standard InChI is InChI=1S/C11H18N4O/c1-3-8(12-5-1)7-10-14-11(16-15-10)9-4-2-6-13-9/h8-9,12-13H,1-7H2. The number of hydrogen-bond donors (Lipinski definition) is 2. The van der Waals surface area contributed by atoms with E-state index >= 15 is 0 Å². The van der Waals surface area contributed by atoms with E-state index in [4.69, 9.17) is 4.52 Å². The SMILES string of the molecule is C1CNC(Cc2noc(C3CCCN3)n2)C1. The summed E-state index contributed by atoms with van der Waals surface area (Å²) in [5, 5.41) is 10.9. The van der Waals surface area contributed by atoms with Gasteiger partial charge in [-0.15, -0.1) is 0 Å². The van der Waals surface area contributed by atoms with Gasteiger partial charge < -0.3 is 15.2 Å². The second-order valence-electron chi connectivity index (χ2n) is 4.70. The molecule has 16 heavy (non-hydrogen) atoms. The molecule has 2 fully saturated rings. The van der Waals surface area contributed by atoms with Crippen LogP contribution in [0.2, 0.25) is 0 Å². The zero-order valence-corrected chi connectivity index (χ0v) is 9.41. The topological polar surface area (TPSA) is 63.0 Å². The lowest BCUT2D eigenvalue weighted by atomic mass is 10.1. The Morgan fingerprint density at radius 1 is 1.19 bits per heavy atom. The van der Waals surface area contributed by atoms with Crippen LogP contribution in [0.3, 0.4) is 0 Å². The lowest BCUT2D eigenvalue weighted by Crippen LogP contribution is -2.24. The highest BCUT2D eigenvalue weighted by atomic mass is 16.5. The first-order valence-electron chi connectivity index (χ1n) is 6.21. The molecule has 0 amide bonds. The average Bonchev–Trinajstić information content (AvgIpc) is 2.99. The first-order chi connectivity index (χ1) is 7.92. The summed E-state index contributed by atoms with van der Waals surface area (Å²) < 4.78 is 5.31. The smallest absolute Gasteiger partial charge is 0.243 e. The van der Waals surface area contributed by atoms with Crippen molar-refractivity contribution < 1.29 is 4.52 Å². The van der Waals surface area contributed by atoms with Gasteiger partial charge in [-0.25, -0.2) is 0 Å². The zero-order chi connectivity index (χ0) is 10.8. The maximum absolute atomic E-state index is 5.31. The molecule has 2 aliphatic heterocycles. The highest BCUT2D eigenvalue weighted by molar-refractivity contribution is 4.97. The first-order valence-corrected chi connectivity index (χ1v) is 6.21. The fourth-order valence-electron chi connectivity index (χ4n) is 2.54. The third-order valence-corrected chi connectivity index (χ3v) is 3.43. The molecule has 1 aromatic heterocycles. The molecule has 0 aromatic carbocycles. The molecule has 2 unspecified atom stereocenters. The van der Waals surface area contributed by atoms with Crippen molar-refractivity contribution in [1.29, 1.82) is 0 Å². The van der Waals surface area contributed by atoms with Crippen molar-refractivity contribution in [2.75, 3.05) is 13.1 Å². The van der Waals surface area contributed by atoms with Crippen molar-refractivity contribution in [1.82, 2.24) is 20.8 Å². The van der Waals surface area contributed by atoms with Crippen molar-refractivity contribution in [3.8, 4) is 0 Å². The molecular weight excluding hydrogens is 204 g/mol. The van der Waals surface area contributed by atoms with Gasteiger partial charge in [-0.1, -0.05) is 5.16 Å². The minimum Gasteiger partial charge on any atom is -0.338 e. The predicted octanol–water partition coefficient (Wildman–Crippen LogP) is 0.789.